The van der Waals surface area contributed by atoms with E-state index in [0.717, 1.165) is 6.54 Å². The average molecular weight is 322 g/mol. The second-order valence-corrected chi connectivity index (χ2v) is 6.45. The normalized spacial score (nSPS) is 20.9. The highest BCUT2D eigenvalue weighted by Gasteiger charge is 2.38. The summed E-state index contributed by atoms with van der Waals surface area (Å²) in [6.45, 7) is 1.37. The number of rotatable bonds is 5. The van der Waals surface area contributed by atoms with Gasteiger partial charge in [0.1, 0.15) is 0 Å². The monoisotopic (exact) mass is 321 g/mol. The van der Waals surface area contributed by atoms with Crippen LogP contribution in [0.4, 0.5) is 8.78 Å². The summed E-state index contributed by atoms with van der Waals surface area (Å²) in [7, 11) is 3.90. The third kappa shape index (κ3) is 4.14. The SMILES string of the molecule is CN(C)CCn1ncc(Cl)c1C(O)C1CCC(F)(F)CC1. The van der Waals surface area contributed by atoms with Crippen molar-refractivity contribution in [3.63, 3.8) is 0 Å². The van der Waals surface area contributed by atoms with Crippen molar-refractivity contribution in [2.45, 2.75) is 44.3 Å². The van der Waals surface area contributed by atoms with E-state index in [-0.39, 0.29) is 18.8 Å². The van der Waals surface area contributed by atoms with Gasteiger partial charge in [0.15, 0.2) is 0 Å². The van der Waals surface area contributed by atoms with Gasteiger partial charge in [-0.1, -0.05) is 11.6 Å². The first kappa shape index (κ1) is 16.6. The summed E-state index contributed by atoms with van der Waals surface area (Å²) >= 11 is 6.13. The first-order chi connectivity index (χ1) is 9.80. The molecule has 21 heavy (non-hydrogen) atoms. The molecular formula is C14H22ClF2N3O. The second-order valence-electron chi connectivity index (χ2n) is 6.04. The molecule has 1 fully saturated rings. The Morgan fingerprint density at radius 3 is 2.67 bits per heavy atom. The summed E-state index contributed by atoms with van der Waals surface area (Å²) in [5.41, 5.74) is 0.550. The Morgan fingerprint density at radius 2 is 2.10 bits per heavy atom. The zero-order valence-electron chi connectivity index (χ0n) is 12.4. The predicted octanol–water partition coefficient (Wildman–Crippen LogP) is 2.96. The van der Waals surface area contributed by atoms with Crippen LogP contribution in [0.25, 0.3) is 0 Å². The maximum atomic E-state index is 13.2. The van der Waals surface area contributed by atoms with Gasteiger partial charge in [0.05, 0.1) is 29.6 Å². The molecule has 0 aliphatic heterocycles. The van der Waals surface area contributed by atoms with Crippen LogP contribution in [0.3, 0.4) is 0 Å². The number of aliphatic hydroxyl groups is 1. The Morgan fingerprint density at radius 1 is 1.48 bits per heavy atom. The van der Waals surface area contributed by atoms with Crippen LogP contribution in [0.1, 0.15) is 37.5 Å². The molecule has 0 amide bonds. The molecule has 120 valence electrons. The number of alkyl halides is 2. The zero-order chi connectivity index (χ0) is 15.6. The Hall–Kier alpha value is -0.720. The summed E-state index contributed by atoms with van der Waals surface area (Å²) in [4.78, 5) is 2.01. The van der Waals surface area contributed by atoms with Crippen molar-refractivity contribution in [2.24, 2.45) is 5.92 Å². The summed E-state index contributed by atoms with van der Waals surface area (Å²) in [5.74, 6) is -2.78. The van der Waals surface area contributed by atoms with Gasteiger partial charge >= 0.3 is 0 Å². The molecule has 1 aromatic heterocycles. The van der Waals surface area contributed by atoms with Crippen molar-refractivity contribution in [3.8, 4) is 0 Å². The molecule has 1 unspecified atom stereocenters. The van der Waals surface area contributed by atoms with Crippen LogP contribution < -0.4 is 0 Å². The molecule has 7 heteroatoms. The van der Waals surface area contributed by atoms with E-state index < -0.39 is 12.0 Å². The molecule has 1 aromatic rings. The average Bonchev–Trinajstić information content (AvgIpc) is 2.76. The van der Waals surface area contributed by atoms with Gasteiger partial charge in [-0.2, -0.15) is 5.10 Å². The minimum absolute atomic E-state index is 0.168. The summed E-state index contributed by atoms with van der Waals surface area (Å²) in [6, 6.07) is 0. The number of halogens is 3. The molecule has 0 spiro atoms. The standard InChI is InChI=1S/C14H22ClF2N3O/c1-19(2)7-8-20-12(11(15)9-18-20)13(21)10-3-5-14(16,17)6-4-10/h9-10,13,21H,3-8H2,1-2H3. The van der Waals surface area contributed by atoms with E-state index in [9.17, 15) is 13.9 Å². The van der Waals surface area contributed by atoms with Crippen molar-refractivity contribution in [1.82, 2.24) is 14.7 Å². The molecular weight excluding hydrogens is 300 g/mol. The maximum Gasteiger partial charge on any atom is 0.248 e. The van der Waals surface area contributed by atoms with E-state index >= 15 is 0 Å². The Balaban J connectivity index is 2.08. The van der Waals surface area contributed by atoms with E-state index in [1.807, 2.05) is 19.0 Å². The van der Waals surface area contributed by atoms with Crippen LogP contribution >= 0.6 is 11.6 Å². The fraction of sp³-hybridized carbons (Fsp3) is 0.786. The number of aromatic nitrogens is 2. The lowest BCUT2D eigenvalue weighted by Gasteiger charge is -2.31. The lowest BCUT2D eigenvalue weighted by Crippen LogP contribution is -2.29. The molecule has 1 aliphatic rings. The van der Waals surface area contributed by atoms with Crippen LogP contribution in [0.5, 0.6) is 0 Å². The lowest BCUT2D eigenvalue weighted by molar-refractivity contribution is -0.0637. The maximum absolute atomic E-state index is 13.2. The third-order valence-electron chi connectivity index (χ3n) is 4.08. The van der Waals surface area contributed by atoms with Crippen molar-refractivity contribution >= 4 is 11.6 Å². The van der Waals surface area contributed by atoms with Gasteiger partial charge in [-0.15, -0.1) is 0 Å². The Kier molecular flexibility index (Phi) is 5.22. The topological polar surface area (TPSA) is 41.3 Å². The fourth-order valence-corrected chi connectivity index (χ4v) is 2.99. The van der Waals surface area contributed by atoms with E-state index in [2.05, 4.69) is 5.10 Å². The molecule has 0 saturated heterocycles. The minimum atomic E-state index is -2.59. The second kappa shape index (κ2) is 6.58. The summed E-state index contributed by atoms with van der Waals surface area (Å²) in [5, 5.41) is 15.1. The first-order valence-corrected chi connectivity index (χ1v) is 7.60. The third-order valence-corrected chi connectivity index (χ3v) is 4.37. The van der Waals surface area contributed by atoms with Crippen molar-refractivity contribution in [3.05, 3.63) is 16.9 Å². The van der Waals surface area contributed by atoms with Gasteiger partial charge in [-0.3, -0.25) is 4.68 Å². The molecule has 0 aromatic carbocycles. The number of nitrogens with zero attached hydrogens (tertiary/aromatic N) is 3. The molecule has 1 heterocycles. The van der Waals surface area contributed by atoms with Crippen molar-refractivity contribution in [2.75, 3.05) is 20.6 Å². The van der Waals surface area contributed by atoms with E-state index in [1.54, 1.807) is 4.68 Å². The minimum Gasteiger partial charge on any atom is -0.386 e. The number of hydrogen-bond acceptors (Lipinski definition) is 3. The Labute approximate surface area is 128 Å². The summed E-state index contributed by atoms with van der Waals surface area (Å²) in [6.07, 6.45) is 0.953. The van der Waals surface area contributed by atoms with Gasteiger partial charge in [-0.05, 0) is 32.9 Å². The smallest absolute Gasteiger partial charge is 0.248 e. The highest BCUT2D eigenvalue weighted by molar-refractivity contribution is 6.31. The fourth-order valence-electron chi connectivity index (χ4n) is 2.74. The van der Waals surface area contributed by atoms with Crippen LogP contribution in [0.2, 0.25) is 5.02 Å². The van der Waals surface area contributed by atoms with Crippen LogP contribution in [-0.4, -0.2) is 46.3 Å². The molecule has 1 N–H and O–H groups in total. The first-order valence-electron chi connectivity index (χ1n) is 7.22. The summed E-state index contributed by atoms with van der Waals surface area (Å²) < 4.78 is 28.1. The van der Waals surface area contributed by atoms with Crippen LogP contribution in [0.15, 0.2) is 6.20 Å². The molecule has 0 bridgehead atoms. The van der Waals surface area contributed by atoms with Gasteiger partial charge in [0.25, 0.3) is 0 Å². The van der Waals surface area contributed by atoms with E-state index in [1.165, 1.54) is 6.20 Å². The van der Waals surface area contributed by atoms with Crippen molar-refractivity contribution < 1.29 is 13.9 Å². The van der Waals surface area contributed by atoms with Gasteiger partial charge in [-0.25, -0.2) is 8.78 Å². The number of hydrogen-bond donors (Lipinski definition) is 1. The van der Waals surface area contributed by atoms with Gasteiger partial charge in [0, 0.05) is 19.4 Å². The molecule has 1 atom stereocenters. The highest BCUT2D eigenvalue weighted by atomic mass is 35.5. The lowest BCUT2D eigenvalue weighted by atomic mass is 9.82. The Bertz CT molecular complexity index is 469. The molecule has 4 nitrogen and oxygen atoms in total. The molecule has 1 saturated carbocycles. The molecule has 2 rings (SSSR count). The van der Waals surface area contributed by atoms with E-state index in [4.69, 9.17) is 11.6 Å². The highest BCUT2D eigenvalue weighted by Crippen LogP contribution is 2.42. The molecule has 1 aliphatic carbocycles. The van der Waals surface area contributed by atoms with Crippen molar-refractivity contribution in [1.29, 1.82) is 0 Å². The zero-order valence-corrected chi connectivity index (χ0v) is 13.2. The number of aliphatic hydroxyl groups excluding tert-OH is 1. The largest absolute Gasteiger partial charge is 0.386 e. The molecule has 0 radical (unpaired) electrons. The predicted molar refractivity (Wildman–Crippen MR) is 77.7 cm³/mol. The number of likely N-dealkylation sites (N-methyl/N-ethyl adjacent to an activating group) is 1. The quantitative estimate of drug-likeness (QED) is 0.906. The van der Waals surface area contributed by atoms with E-state index in [0.29, 0.717) is 30.1 Å². The van der Waals surface area contributed by atoms with Gasteiger partial charge in [0.2, 0.25) is 5.92 Å². The van der Waals surface area contributed by atoms with Gasteiger partial charge < -0.3 is 10.0 Å². The van der Waals surface area contributed by atoms with Crippen LogP contribution in [-0.2, 0) is 6.54 Å². The van der Waals surface area contributed by atoms with Crippen LogP contribution in [0, 0.1) is 5.92 Å².